The minimum Gasteiger partial charge on any atom is -0.484 e. The fraction of sp³-hybridized carbons (Fsp3) is 0.263. The van der Waals surface area contributed by atoms with Gasteiger partial charge in [-0.15, -0.1) is 0 Å². The fourth-order valence-electron chi connectivity index (χ4n) is 2.63. The van der Waals surface area contributed by atoms with Gasteiger partial charge in [0.25, 0.3) is 5.91 Å². The number of ether oxygens (including phenoxy) is 2. The van der Waals surface area contributed by atoms with Crippen molar-refractivity contribution in [1.29, 1.82) is 0 Å². The number of rotatable bonds is 6. The molecule has 0 radical (unpaired) electrons. The van der Waals surface area contributed by atoms with Crippen molar-refractivity contribution < 1.29 is 32.2 Å². The summed E-state index contributed by atoms with van der Waals surface area (Å²) in [5.74, 6) is -0.525. The smallest absolute Gasteiger partial charge is 0.416 e. The molecule has 9 heteroatoms. The lowest BCUT2D eigenvalue weighted by molar-refractivity contribution is -0.137. The molecule has 0 saturated carbocycles. The van der Waals surface area contributed by atoms with Crippen molar-refractivity contribution in [3.05, 3.63) is 59.7 Å². The van der Waals surface area contributed by atoms with E-state index in [9.17, 15) is 22.8 Å². The molecule has 1 N–H and O–H groups in total. The van der Waals surface area contributed by atoms with Gasteiger partial charge in [-0.2, -0.15) is 13.2 Å². The number of hydrogen-bond donors (Lipinski definition) is 1. The molecule has 6 nitrogen and oxygen atoms in total. The molecule has 1 saturated heterocycles. The van der Waals surface area contributed by atoms with Crippen LogP contribution in [0.4, 0.5) is 23.7 Å². The van der Waals surface area contributed by atoms with Crippen molar-refractivity contribution in [2.24, 2.45) is 0 Å². The van der Waals surface area contributed by atoms with Crippen LogP contribution in [0.2, 0.25) is 0 Å². The number of nitrogens with one attached hydrogen (secondary N) is 1. The van der Waals surface area contributed by atoms with Crippen LogP contribution < -0.4 is 15.0 Å². The summed E-state index contributed by atoms with van der Waals surface area (Å²) in [6.07, 6.45) is -4.90. The summed E-state index contributed by atoms with van der Waals surface area (Å²) in [5.41, 5.74) is 0.571. The van der Waals surface area contributed by atoms with E-state index in [4.69, 9.17) is 9.47 Å². The van der Waals surface area contributed by atoms with Gasteiger partial charge in [0.1, 0.15) is 12.4 Å². The molecule has 2 aromatic carbocycles. The zero-order valence-corrected chi connectivity index (χ0v) is 14.7. The highest BCUT2D eigenvalue weighted by molar-refractivity contribution is 5.89. The van der Waals surface area contributed by atoms with Crippen molar-refractivity contribution >= 4 is 17.7 Å². The Bertz CT molecular complexity index is 870. The van der Waals surface area contributed by atoms with Crippen LogP contribution in [0.3, 0.4) is 0 Å². The largest absolute Gasteiger partial charge is 0.484 e. The standard InChI is InChI=1S/C19H17F3N2O4/c20-19(21,22)14-4-2-6-16(10-14)28-12-17(25)23-11-13-3-1-5-15(9-13)24-7-8-27-18(24)26/h1-6,9-10H,7-8,11-12H2,(H,23,25). The quantitative estimate of drug-likeness (QED) is 0.816. The normalized spacial score (nSPS) is 14.0. The first-order valence-corrected chi connectivity index (χ1v) is 8.43. The minimum atomic E-state index is -4.48. The number of carbonyl (C=O) groups is 2. The number of nitrogens with zero attached hydrogens (tertiary/aromatic N) is 1. The third kappa shape index (κ3) is 4.93. The van der Waals surface area contributed by atoms with E-state index >= 15 is 0 Å². The maximum atomic E-state index is 12.7. The summed E-state index contributed by atoms with van der Waals surface area (Å²) in [5, 5.41) is 2.62. The topological polar surface area (TPSA) is 67.9 Å². The SMILES string of the molecule is O=C(COc1cccc(C(F)(F)F)c1)NCc1cccc(N2CCOC2=O)c1. The molecule has 0 atom stereocenters. The lowest BCUT2D eigenvalue weighted by atomic mass is 10.2. The van der Waals surface area contributed by atoms with Crippen molar-refractivity contribution in [1.82, 2.24) is 5.32 Å². The maximum Gasteiger partial charge on any atom is 0.416 e. The van der Waals surface area contributed by atoms with Gasteiger partial charge in [0.2, 0.25) is 0 Å². The van der Waals surface area contributed by atoms with Crippen LogP contribution in [0.15, 0.2) is 48.5 Å². The first kappa shape index (κ1) is 19.5. The van der Waals surface area contributed by atoms with Crippen LogP contribution in [-0.2, 0) is 22.3 Å². The van der Waals surface area contributed by atoms with E-state index in [1.54, 1.807) is 24.3 Å². The molecule has 1 aliphatic heterocycles. The van der Waals surface area contributed by atoms with Crippen LogP contribution in [0.5, 0.6) is 5.75 Å². The summed E-state index contributed by atoms with van der Waals surface area (Å²) in [4.78, 5) is 25.0. The predicted molar refractivity (Wildman–Crippen MR) is 93.9 cm³/mol. The van der Waals surface area contributed by atoms with Crippen LogP contribution in [0.1, 0.15) is 11.1 Å². The number of amides is 2. The molecule has 3 rings (SSSR count). The summed E-state index contributed by atoms with van der Waals surface area (Å²) in [6, 6.07) is 11.4. The second-order valence-electron chi connectivity index (χ2n) is 6.03. The summed E-state index contributed by atoms with van der Waals surface area (Å²) >= 11 is 0. The van der Waals surface area contributed by atoms with Gasteiger partial charge in [-0.1, -0.05) is 18.2 Å². The van der Waals surface area contributed by atoms with Gasteiger partial charge in [-0.05, 0) is 35.9 Å². The second kappa shape index (κ2) is 8.20. The Hall–Kier alpha value is -3.23. The number of hydrogen-bond acceptors (Lipinski definition) is 4. The van der Waals surface area contributed by atoms with Crippen LogP contribution in [-0.4, -0.2) is 31.8 Å². The van der Waals surface area contributed by atoms with Crippen molar-refractivity contribution in [2.75, 3.05) is 24.7 Å². The first-order valence-electron chi connectivity index (χ1n) is 8.43. The molecule has 0 aromatic heterocycles. The van der Waals surface area contributed by atoms with E-state index in [0.29, 0.717) is 18.8 Å². The first-order chi connectivity index (χ1) is 13.3. The number of carbonyl (C=O) groups excluding carboxylic acids is 2. The van der Waals surface area contributed by atoms with E-state index in [2.05, 4.69) is 5.32 Å². The molecule has 0 spiro atoms. The summed E-state index contributed by atoms with van der Waals surface area (Å²) < 4.78 is 48.1. The number of cyclic esters (lactones) is 1. The number of benzene rings is 2. The maximum absolute atomic E-state index is 12.7. The zero-order valence-electron chi connectivity index (χ0n) is 14.7. The molecule has 0 bridgehead atoms. The average molecular weight is 394 g/mol. The Labute approximate surface area is 158 Å². The molecule has 0 aliphatic carbocycles. The predicted octanol–water partition coefficient (Wildman–Crippen LogP) is 3.36. The monoisotopic (exact) mass is 394 g/mol. The highest BCUT2D eigenvalue weighted by atomic mass is 19.4. The molecule has 1 fully saturated rings. The van der Waals surface area contributed by atoms with Crippen LogP contribution in [0.25, 0.3) is 0 Å². The number of halogens is 3. The molecule has 28 heavy (non-hydrogen) atoms. The Balaban J connectivity index is 1.52. The molecule has 0 unspecified atom stereocenters. The van der Waals surface area contributed by atoms with Crippen molar-refractivity contribution in [3.8, 4) is 5.75 Å². The molecule has 148 valence electrons. The van der Waals surface area contributed by atoms with Gasteiger partial charge in [-0.25, -0.2) is 4.79 Å². The second-order valence-corrected chi connectivity index (χ2v) is 6.03. The van der Waals surface area contributed by atoms with Crippen molar-refractivity contribution in [3.63, 3.8) is 0 Å². The van der Waals surface area contributed by atoms with Crippen LogP contribution >= 0.6 is 0 Å². The molecule has 1 aliphatic rings. The molecule has 2 aromatic rings. The molecular weight excluding hydrogens is 377 g/mol. The Kier molecular flexibility index (Phi) is 5.72. The molecule has 2 amide bonds. The van der Waals surface area contributed by atoms with Gasteiger partial charge < -0.3 is 14.8 Å². The van der Waals surface area contributed by atoms with E-state index < -0.39 is 30.3 Å². The van der Waals surface area contributed by atoms with Gasteiger partial charge in [-0.3, -0.25) is 9.69 Å². The number of anilines is 1. The third-order valence-corrected chi connectivity index (χ3v) is 4.00. The van der Waals surface area contributed by atoms with Gasteiger partial charge in [0.05, 0.1) is 12.1 Å². The lowest BCUT2D eigenvalue weighted by Crippen LogP contribution is -2.28. The zero-order chi connectivity index (χ0) is 20.1. The highest BCUT2D eigenvalue weighted by Gasteiger charge is 2.30. The van der Waals surface area contributed by atoms with Crippen LogP contribution in [0, 0.1) is 0 Å². The Morgan fingerprint density at radius 1 is 1.18 bits per heavy atom. The average Bonchev–Trinajstić information content (AvgIpc) is 3.10. The highest BCUT2D eigenvalue weighted by Crippen LogP contribution is 2.31. The summed E-state index contributed by atoms with van der Waals surface area (Å²) in [6.45, 7) is 0.549. The third-order valence-electron chi connectivity index (χ3n) is 4.00. The van der Waals surface area contributed by atoms with Gasteiger partial charge in [0.15, 0.2) is 6.61 Å². The van der Waals surface area contributed by atoms with E-state index in [-0.39, 0.29) is 12.3 Å². The Morgan fingerprint density at radius 2 is 1.96 bits per heavy atom. The minimum absolute atomic E-state index is 0.0421. The molecule has 1 heterocycles. The van der Waals surface area contributed by atoms with Crippen molar-refractivity contribution in [2.45, 2.75) is 12.7 Å². The van der Waals surface area contributed by atoms with E-state index in [0.717, 1.165) is 17.7 Å². The van der Waals surface area contributed by atoms with Gasteiger partial charge >= 0.3 is 12.3 Å². The van der Waals surface area contributed by atoms with Gasteiger partial charge in [0, 0.05) is 12.2 Å². The molecular formula is C19H17F3N2O4. The fourth-order valence-corrected chi connectivity index (χ4v) is 2.63. The van der Waals surface area contributed by atoms with E-state index in [1.165, 1.54) is 17.0 Å². The lowest BCUT2D eigenvalue weighted by Gasteiger charge is -2.14. The Morgan fingerprint density at radius 3 is 2.68 bits per heavy atom. The summed E-state index contributed by atoms with van der Waals surface area (Å²) in [7, 11) is 0. The van der Waals surface area contributed by atoms with E-state index in [1.807, 2.05) is 0 Å². The number of alkyl halides is 3.